The number of hydrazine groups is 1. The summed E-state index contributed by atoms with van der Waals surface area (Å²) in [4.78, 5) is 32.9. The molecule has 1 aromatic carbocycles. The zero-order chi connectivity index (χ0) is 18.9. The second-order valence-corrected chi connectivity index (χ2v) is 6.77. The number of amides is 2. The van der Waals surface area contributed by atoms with E-state index in [-0.39, 0.29) is 17.5 Å². The fourth-order valence-electron chi connectivity index (χ4n) is 3.38. The molecule has 1 fully saturated rings. The summed E-state index contributed by atoms with van der Waals surface area (Å²) < 4.78 is 0. The van der Waals surface area contributed by atoms with Crippen LogP contribution < -0.4 is 16.2 Å². The van der Waals surface area contributed by atoms with E-state index in [2.05, 4.69) is 26.1 Å². The van der Waals surface area contributed by atoms with Crippen LogP contribution in [0, 0.1) is 5.92 Å². The fraction of sp³-hybridized carbons (Fsp3) is 0.400. The standard InChI is InChI=1S/C20H25N5O2/c26-19(17-14-21-11-12-22-17)25-24-18(16-9-5-2-6-10-16)20(27)23-13-15-7-3-1-4-8-15/h1,3-4,7-8,11-12,14,16,18,24H,2,5-6,9-10,13H2,(H,23,27)(H,25,26)/t18-/m1/s1. The van der Waals surface area contributed by atoms with Gasteiger partial charge in [-0.3, -0.25) is 20.0 Å². The molecule has 0 aliphatic heterocycles. The first kappa shape index (κ1) is 19.0. The highest BCUT2D eigenvalue weighted by atomic mass is 16.2. The van der Waals surface area contributed by atoms with Crippen molar-refractivity contribution in [1.29, 1.82) is 0 Å². The van der Waals surface area contributed by atoms with Crippen LogP contribution in [0.2, 0.25) is 0 Å². The third kappa shape index (κ3) is 5.59. The highest BCUT2D eigenvalue weighted by molar-refractivity contribution is 5.92. The summed E-state index contributed by atoms with van der Waals surface area (Å²) in [6.07, 6.45) is 9.70. The van der Waals surface area contributed by atoms with Gasteiger partial charge in [0.05, 0.1) is 6.20 Å². The molecule has 3 N–H and O–H groups in total. The van der Waals surface area contributed by atoms with Crippen molar-refractivity contribution >= 4 is 11.8 Å². The molecular formula is C20H25N5O2. The van der Waals surface area contributed by atoms with Gasteiger partial charge in [-0.25, -0.2) is 10.4 Å². The molecular weight excluding hydrogens is 342 g/mol. The predicted octanol–water partition coefficient (Wildman–Crippen LogP) is 1.98. The van der Waals surface area contributed by atoms with Crippen molar-refractivity contribution in [3.05, 3.63) is 60.2 Å². The fourth-order valence-corrected chi connectivity index (χ4v) is 3.38. The Labute approximate surface area is 159 Å². The molecule has 7 nitrogen and oxygen atoms in total. The van der Waals surface area contributed by atoms with Gasteiger partial charge in [-0.2, -0.15) is 0 Å². The van der Waals surface area contributed by atoms with E-state index in [1.54, 1.807) is 0 Å². The van der Waals surface area contributed by atoms with Gasteiger partial charge >= 0.3 is 0 Å². The highest BCUT2D eigenvalue weighted by Crippen LogP contribution is 2.26. The van der Waals surface area contributed by atoms with Gasteiger partial charge in [0.15, 0.2) is 0 Å². The normalized spacial score (nSPS) is 15.7. The maximum absolute atomic E-state index is 12.8. The minimum Gasteiger partial charge on any atom is -0.351 e. The second-order valence-electron chi connectivity index (χ2n) is 6.77. The molecule has 1 aliphatic rings. The molecule has 1 aromatic heterocycles. The third-order valence-corrected chi connectivity index (χ3v) is 4.85. The van der Waals surface area contributed by atoms with Crippen LogP contribution in [0.5, 0.6) is 0 Å². The largest absolute Gasteiger partial charge is 0.351 e. The third-order valence-electron chi connectivity index (χ3n) is 4.85. The average molecular weight is 367 g/mol. The monoisotopic (exact) mass is 367 g/mol. The van der Waals surface area contributed by atoms with Crippen LogP contribution in [0.3, 0.4) is 0 Å². The SMILES string of the molecule is O=C(NN[C@@H](C(=O)NCc1ccccc1)C1CCCCC1)c1cnccn1. The van der Waals surface area contributed by atoms with Crippen molar-refractivity contribution in [2.24, 2.45) is 5.92 Å². The van der Waals surface area contributed by atoms with E-state index in [1.165, 1.54) is 25.0 Å². The second kappa shape index (κ2) is 9.78. The lowest BCUT2D eigenvalue weighted by Gasteiger charge is -2.30. The van der Waals surface area contributed by atoms with Crippen molar-refractivity contribution in [2.75, 3.05) is 0 Å². The maximum Gasteiger partial charge on any atom is 0.285 e. The number of hydrogen-bond donors (Lipinski definition) is 3. The van der Waals surface area contributed by atoms with Crippen molar-refractivity contribution in [1.82, 2.24) is 26.1 Å². The Bertz CT molecular complexity index is 733. The summed E-state index contributed by atoms with van der Waals surface area (Å²) in [5, 5.41) is 2.98. The Morgan fingerprint density at radius 3 is 2.56 bits per heavy atom. The first-order chi connectivity index (χ1) is 13.2. The summed E-state index contributed by atoms with van der Waals surface area (Å²) in [6.45, 7) is 0.461. The number of rotatable bonds is 7. The molecule has 0 radical (unpaired) electrons. The number of aromatic nitrogens is 2. The van der Waals surface area contributed by atoms with Crippen LogP contribution in [-0.2, 0) is 11.3 Å². The molecule has 0 unspecified atom stereocenters. The van der Waals surface area contributed by atoms with Gasteiger partial charge < -0.3 is 5.32 Å². The summed E-state index contributed by atoms with van der Waals surface area (Å²) in [7, 11) is 0. The summed E-state index contributed by atoms with van der Waals surface area (Å²) in [5.41, 5.74) is 6.81. The van der Waals surface area contributed by atoms with Crippen LogP contribution in [0.1, 0.15) is 48.2 Å². The van der Waals surface area contributed by atoms with Gasteiger partial charge in [-0.05, 0) is 24.3 Å². The summed E-state index contributed by atoms with van der Waals surface area (Å²) in [6, 6.07) is 9.30. The van der Waals surface area contributed by atoms with Gasteiger partial charge in [0.25, 0.3) is 5.91 Å². The van der Waals surface area contributed by atoms with Crippen molar-refractivity contribution in [2.45, 2.75) is 44.7 Å². The number of carbonyl (C=O) groups is 2. The molecule has 1 heterocycles. The molecule has 2 amide bonds. The van der Waals surface area contributed by atoms with Crippen molar-refractivity contribution in [3.8, 4) is 0 Å². The van der Waals surface area contributed by atoms with Gasteiger partial charge in [0, 0.05) is 18.9 Å². The number of nitrogens with one attached hydrogen (secondary N) is 3. The van der Waals surface area contributed by atoms with Gasteiger partial charge in [0.2, 0.25) is 5.91 Å². The van der Waals surface area contributed by atoms with E-state index in [4.69, 9.17) is 0 Å². The molecule has 0 saturated heterocycles. The molecule has 1 saturated carbocycles. The molecule has 27 heavy (non-hydrogen) atoms. The number of nitrogens with zero attached hydrogens (tertiary/aromatic N) is 2. The Kier molecular flexibility index (Phi) is 6.87. The van der Waals surface area contributed by atoms with Gasteiger partial charge in [-0.15, -0.1) is 0 Å². The lowest BCUT2D eigenvalue weighted by atomic mass is 9.83. The van der Waals surface area contributed by atoms with Crippen LogP contribution in [0.15, 0.2) is 48.9 Å². The Morgan fingerprint density at radius 2 is 1.85 bits per heavy atom. The number of carbonyl (C=O) groups excluding carboxylic acids is 2. The average Bonchev–Trinajstić information content (AvgIpc) is 2.74. The van der Waals surface area contributed by atoms with Crippen LogP contribution in [-0.4, -0.2) is 27.8 Å². The Balaban J connectivity index is 1.61. The Morgan fingerprint density at radius 1 is 1.07 bits per heavy atom. The smallest absolute Gasteiger partial charge is 0.285 e. The summed E-state index contributed by atoms with van der Waals surface area (Å²) >= 11 is 0. The van der Waals surface area contributed by atoms with Crippen LogP contribution in [0.4, 0.5) is 0 Å². The van der Waals surface area contributed by atoms with E-state index in [0.29, 0.717) is 6.54 Å². The molecule has 3 rings (SSSR count). The number of hydrogen-bond acceptors (Lipinski definition) is 5. The minimum atomic E-state index is -0.477. The van der Waals surface area contributed by atoms with Crippen molar-refractivity contribution in [3.63, 3.8) is 0 Å². The van der Waals surface area contributed by atoms with Crippen molar-refractivity contribution < 1.29 is 9.59 Å². The molecule has 1 atom stereocenters. The van der Waals surface area contributed by atoms with Crippen LogP contribution >= 0.6 is 0 Å². The van der Waals surface area contributed by atoms with Gasteiger partial charge in [-0.1, -0.05) is 49.6 Å². The molecule has 142 valence electrons. The lowest BCUT2D eigenvalue weighted by Crippen LogP contribution is -2.55. The first-order valence-corrected chi connectivity index (χ1v) is 9.37. The molecule has 7 heteroatoms. The molecule has 1 aliphatic carbocycles. The summed E-state index contributed by atoms with van der Waals surface area (Å²) in [5.74, 6) is -0.318. The maximum atomic E-state index is 12.8. The zero-order valence-electron chi connectivity index (χ0n) is 15.2. The molecule has 0 spiro atoms. The van der Waals surface area contributed by atoms with E-state index >= 15 is 0 Å². The predicted molar refractivity (Wildman–Crippen MR) is 101 cm³/mol. The zero-order valence-corrected chi connectivity index (χ0v) is 15.2. The van der Waals surface area contributed by atoms with E-state index in [0.717, 1.165) is 31.2 Å². The van der Waals surface area contributed by atoms with Crippen LogP contribution in [0.25, 0.3) is 0 Å². The lowest BCUT2D eigenvalue weighted by molar-refractivity contribution is -0.125. The highest BCUT2D eigenvalue weighted by Gasteiger charge is 2.30. The minimum absolute atomic E-state index is 0.106. The topological polar surface area (TPSA) is 96.0 Å². The quantitative estimate of drug-likeness (QED) is 0.650. The molecule has 2 aromatic rings. The Hall–Kier alpha value is -2.80. The first-order valence-electron chi connectivity index (χ1n) is 9.37. The van der Waals surface area contributed by atoms with E-state index in [9.17, 15) is 9.59 Å². The van der Waals surface area contributed by atoms with E-state index < -0.39 is 11.9 Å². The van der Waals surface area contributed by atoms with E-state index in [1.807, 2.05) is 30.3 Å². The number of benzene rings is 1. The van der Waals surface area contributed by atoms with Gasteiger partial charge in [0.1, 0.15) is 11.7 Å². The molecule has 0 bridgehead atoms.